The van der Waals surface area contributed by atoms with Crippen molar-refractivity contribution in [3.05, 3.63) is 42.5 Å². The van der Waals surface area contributed by atoms with Crippen LogP contribution in [0.5, 0.6) is 5.75 Å². The van der Waals surface area contributed by atoms with Crippen LogP contribution in [0.4, 0.5) is 0 Å². The number of ketones is 1. The van der Waals surface area contributed by atoms with Gasteiger partial charge in [-0.3, -0.25) is 4.79 Å². The molecule has 1 fully saturated rings. The van der Waals surface area contributed by atoms with E-state index in [0.717, 1.165) is 11.1 Å². The van der Waals surface area contributed by atoms with Crippen LogP contribution in [0.15, 0.2) is 42.5 Å². The number of ether oxygens (including phenoxy) is 2. The van der Waals surface area contributed by atoms with Crippen molar-refractivity contribution in [2.24, 2.45) is 0 Å². The van der Waals surface area contributed by atoms with E-state index in [2.05, 4.69) is 6.07 Å². The normalized spacial score (nSPS) is 22.8. The summed E-state index contributed by atoms with van der Waals surface area (Å²) in [5.74, 6) is 0.900. The number of benzene rings is 2. The van der Waals surface area contributed by atoms with E-state index in [1.165, 1.54) is 5.39 Å². The molecule has 1 saturated carbocycles. The van der Waals surface area contributed by atoms with E-state index >= 15 is 0 Å². The molecule has 3 nitrogen and oxygen atoms in total. The van der Waals surface area contributed by atoms with Gasteiger partial charge in [-0.2, -0.15) is 0 Å². The summed E-state index contributed by atoms with van der Waals surface area (Å²) in [6.45, 7) is 0. The zero-order valence-electron chi connectivity index (χ0n) is 10.1. The Morgan fingerprint density at radius 3 is 2.61 bits per heavy atom. The molecule has 1 aliphatic rings. The smallest absolute Gasteiger partial charge is 0.169 e. The molecular weight excluding hydrogens is 228 g/mol. The molecule has 0 spiro atoms. The van der Waals surface area contributed by atoms with Crippen molar-refractivity contribution in [2.75, 3.05) is 7.11 Å². The number of carbonyl (C=O) groups is 1. The molecule has 92 valence electrons. The van der Waals surface area contributed by atoms with Crippen LogP contribution >= 0.6 is 0 Å². The summed E-state index contributed by atoms with van der Waals surface area (Å²) in [7, 11) is 1.54. The van der Waals surface area contributed by atoms with Crippen LogP contribution in [0.3, 0.4) is 0 Å². The molecule has 0 aliphatic heterocycles. The average molecular weight is 242 g/mol. The zero-order valence-corrected chi connectivity index (χ0v) is 10.1. The fourth-order valence-electron chi connectivity index (χ4n) is 2.27. The lowest BCUT2D eigenvalue weighted by atomic mass is 9.90. The Hall–Kier alpha value is -1.87. The molecular formula is C15H14O3. The fourth-order valence-corrected chi connectivity index (χ4v) is 2.27. The summed E-state index contributed by atoms with van der Waals surface area (Å²) in [5, 5.41) is 2.31. The highest BCUT2D eigenvalue weighted by molar-refractivity contribution is 5.90. The van der Waals surface area contributed by atoms with Gasteiger partial charge in [0.1, 0.15) is 11.9 Å². The number of hydrogen-bond donors (Lipinski definition) is 0. The van der Waals surface area contributed by atoms with Crippen LogP contribution < -0.4 is 4.74 Å². The van der Waals surface area contributed by atoms with Crippen LogP contribution in [0.25, 0.3) is 10.8 Å². The summed E-state index contributed by atoms with van der Waals surface area (Å²) in [4.78, 5) is 11.3. The van der Waals surface area contributed by atoms with Gasteiger partial charge in [0.15, 0.2) is 11.9 Å². The molecule has 2 aromatic rings. The first-order chi connectivity index (χ1) is 8.78. The number of fused-ring (bicyclic) bond motifs is 1. The number of rotatable bonds is 3. The van der Waals surface area contributed by atoms with Gasteiger partial charge in [-0.1, -0.05) is 30.3 Å². The second-order valence-electron chi connectivity index (χ2n) is 4.49. The van der Waals surface area contributed by atoms with Gasteiger partial charge in [0.25, 0.3) is 0 Å². The fraction of sp³-hybridized carbons (Fsp3) is 0.267. The van der Waals surface area contributed by atoms with E-state index in [1.54, 1.807) is 7.11 Å². The highest BCUT2D eigenvalue weighted by Crippen LogP contribution is 2.27. The van der Waals surface area contributed by atoms with E-state index < -0.39 is 6.10 Å². The van der Waals surface area contributed by atoms with Crippen molar-refractivity contribution in [2.45, 2.75) is 18.6 Å². The maximum atomic E-state index is 11.3. The topological polar surface area (TPSA) is 35.5 Å². The van der Waals surface area contributed by atoms with Gasteiger partial charge < -0.3 is 9.47 Å². The van der Waals surface area contributed by atoms with E-state index in [1.807, 2.05) is 36.4 Å². The minimum absolute atomic E-state index is 0.114. The monoisotopic (exact) mass is 242 g/mol. The van der Waals surface area contributed by atoms with Gasteiger partial charge in [0.05, 0.1) is 0 Å². The average Bonchev–Trinajstić information content (AvgIpc) is 2.38. The van der Waals surface area contributed by atoms with Crippen LogP contribution in [0.1, 0.15) is 6.42 Å². The van der Waals surface area contributed by atoms with E-state index in [0.29, 0.717) is 6.42 Å². The van der Waals surface area contributed by atoms with Gasteiger partial charge in [0.2, 0.25) is 0 Å². The van der Waals surface area contributed by atoms with Crippen LogP contribution in [-0.2, 0) is 9.53 Å². The molecule has 0 bridgehead atoms. The lowest BCUT2D eigenvalue weighted by molar-refractivity contribution is -0.150. The molecule has 3 heteroatoms. The number of Topliss-reactive ketones (excluding diaryl/α,β-unsaturated/α-hetero) is 1. The van der Waals surface area contributed by atoms with Gasteiger partial charge in [-0.15, -0.1) is 0 Å². The Bertz CT molecular complexity index is 591. The molecule has 1 aliphatic carbocycles. The van der Waals surface area contributed by atoms with Gasteiger partial charge in [-0.25, -0.2) is 0 Å². The molecule has 0 heterocycles. The predicted molar refractivity (Wildman–Crippen MR) is 68.8 cm³/mol. The summed E-state index contributed by atoms with van der Waals surface area (Å²) >= 11 is 0. The maximum absolute atomic E-state index is 11.3. The quantitative estimate of drug-likeness (QED) is 0.829. The van der Waals surface area contributed by atoms with E-state index in [-0.39, 0.29) is 11.9 Å². The summed E-state index contributed by atoms with van der Waals surface area (Å²) in [6.07, 6.45) is -0.120. The molecule has 18 heavy (non-hydrogen) atoms. The molecule has 0 saturated heterocycles. The minimum Gasteiger partial charge on any atom is -0.487 e. The second kappa shape index (κ2) is 4.42. The lowest BCUT2D eigenvalue weighted by Crippen LogP contribution is -2.51. The van der Waals surface area contributed by atoms with Gasteiger partial charge >= 0.3 is 0 Å². The molecule has 2 aromatic carbocycles. The zero-order chi connectivity index (χ0) is 12.5. The van der Waals surface area contributed by atoms with Crippen molar-refractivity contribution in [1.82, 2.24) is 0 Å². The van der Waals surface area contributed by atoms with E-state index in [4.69, 9.17) is 9.47 Å². The van der Waals surface area contributed by atoms with Crippen molar-refractivity contribution < 1.29 is 14.3 Å². The van der Waals surface area contributed by atoms with Gasteiger partial charge in [-0.05, 0) is 22.9 Å². The summed E-state index contributed by atoms with van der Waals surface area (Å²) < 4.78 is 10.9. The first-order valence-corrected chi connectivity index (χ1v) is 5.99. The Kier molecular flexibility index (Phi) is 2.76. The second-order valence-corrected chi connectivity index (χ2v) is 4.49. The first-order valence-electron chi connectivity index (χ1n) is 5.99. The highest BCUT2D eigenvalue weighted by atomic mass is 16.5. The molecule has 0 amide bonds. The standard InChI is InChI=1S/C15H14O3/c1-17-15-13(16)9-14(15)18-12-7-6-10-4-2-3-5-11(10)8-12/h2-8,14-15H,9H2,1H3. The molecule has 0 aromatic heterocycles. The SMILES string of the molecule is COC1C(=O)CC1Oc1ccc2ccccc2c1. The predicted octanol–water partition coefficient (Wildman–Crippen LogP) is 2.58. The summed E-state index contributed by atoms with van der Waals surface area (Å²) in [5.41, 5.74) is 0. The van der Waals surface area contributed by atoms with Crippen LogP contribution in [-0.4, -0.2) is 25.1 Å². The third kappa shape index (κ3) is 1.87. The lowest BCUT2D eigenvalue weighted by Gasteiger charge is -2.33. The van der Waals surface area contributed by atoms with Crippen molar-refractivity contribution in [1.29, 1.82) is 0 Å². The Balaban J connectivity index is 1.81. The Morgan fingerprint density at radius 1 is 1.11 bits per heavy atom. The summed E-state index contributed by atoms with van der Waals surface area (Å²) in [6, 6.07) is 14.0. The third-order valence-corrected chi connectivity index (χ3v) is 3.32. The Labute approximate surface area is 105 Å². The number of carbonyl (C=O) groups excluding carboxylic acids is 1. The van der Waals surface area contributed by atoms with Crippen molar-refractivity contribution in [3.8, 4) is 5.75 Å². The van der Waals surface area contributed by atoms with Gasteiger partial charge in [0, 0.05) is 13.5 Å². The first kappa shape index (κ1) is 11.2. The number of hydrogen-bond acceptors (Lipinski definition) is 3. The largest absolute Gasteiger partial charge is 0.487 e. The van der Waals surface area contributed by atoms with E-state index in [9.17, 15) is 4.79 Å². The van der Waals surface area contributed by atoms with Crippen LogP contribution in [0, 0.1) is 0 Å². The molecule has 2 unspecified atom stereocenters. The molecule has 0 radical (unpaired) electrons. The van der Waals surface area contributed by atoms with Crippen molar-refractivity contribution in [3.63, 3.8) is 0 Å². The minimum atomic E-state index is -0.406. The maximum Gasteiger partial charge on any atom is 0.169 e. The Morgan fingerprint density at radius 2 is 1.89 bits per heavy atom. The van der Waals surface area contributed by atoms with Crippen molar-refractivity contribution >= 4 is 16.6 Å². The molecule has 0 N–H and O–H groups in total. The molecule has 2 atom stereocenters. The van der Waals surface area contributed by atoms with Crippen LogP contribution in [0.2, 0.25) is 0 Å². The highest BCUT2D eigenvalue weighted by Gasteiger charge is 2.41. The third-order valence-electron chi connectivity index (χ3n) is 3.32. The molecule has 3 rings (SSSR count). The number of methoxy groups -OCH3 is 1.